The summed E-state index contributed by atoms with van der Waals surface area (Å²) >= 11 is 0. The number of phenols is 1. The Hall–Kier alpha value is -1.66. The van der Waals surface area contributed by atoms with Gasteiger partial charge in [-0.15, -0.1) is 0 Å². The number of nitrogens with one attached hydrogen (secondary N) is 1. The molecule has 0 aromatic heterocycles. The van der Waals surface area contributed by atoms with Gasteiger partial charge in [0.15, 0.2) is 11.6 Å². The predicted molar refractivity (Wildman–Crippen MR) is 53.9 cm³/mol. The van der Waals surface area contributed by atoms with E-state index in [0.29, 0.717) is 0 Å². The molecule has 0 fully saturated rings. The monoisotopic (exact) mass is 229 g/mol. The summed E-state index contributed by atoms with van der Waals surface area (Å²) in [6.07, 6.45) is -1.03. The van der Waals surface area contributed by atoms with Crippen molar-refractivity contribution in [1.29, 1.82) is 0 Å². The summed E-state index contributed by atoms with van der Waals surface area (Å²) in [6.45, 7) is 0.156. The molecular formula is C10H12FNO4. The van der Waals surface area contributed by atoms with Gasteiger partial charge in [0.25, 0.3) is 0 Å². The summed E-state index contributed by atoms with van der Waals surface area (Å²) in [6, 6.07) is 1.95. The minimum atomic E-state index is -1.45. The molecule has 0 amide bonds. The lowest BCUT2D eigenvalue weighted by Gasteiger charge is -2.12. The first-order valence-electron chi connectivity index (χ1n) is 4.55. The number of aliphatic hydroxyl groups is 1. The van der Waals surface area contributed by atoms with Crippen molar-refractivity contribution in [3.63, 3.8) is 0 Å². The summed E-state index contributed by atoms with van der Waals surface area (Å²) in [5.41, 5.74) is -0.466. The number of likely N-dealkylation sites (N-methyl/N-ethyl adjacent to an activating group) is 1. The predicted octanol–water partition coefficient (Wildman–Crippen LogP) is 0.482. The number of carboxylic acid groups (broad SMARTS) is 1. The second-order valence-electron chi connectivity index (χ2n) is 3.28. The van der Waals surface area contributed by atoms with Gasteiger partial charge in [0.2, 0.25) is 0 Å². The zero-order valence-corrected chi connectivity index (χ0v) is 8.57. The Balaban J connectivity index is 3.18. The van der Waals surface area contributed by atoms with Gasteiger partial charge in [-0.1, -0.05) is 0 Å². The smallest absolute Gasteiger partial charge is 0.339 e. The molecule has 1 rings (SSSR count). The molecule has 1 aromatic rings. The zero-order chi connectivity index (χ0) is 12.3. The summed E-state index contributed by atoms with van der Waals surface area (Å²) in [5.74, 6) is -3.44. The number of rotatable bonds is 4. The molecule has 0 saturated heterocycles. The molecule has 16 heavy (non-hydrogen) atoms. The average molecular weight is 229 g/mol. The van der Waals surface area contributed by atoms with E-state index in [4.69, 9.17) is 10.2 Å². The minimum Gasteiger partial charge on any atom is -0.504 e. The van der Waals surface area contributed by atoms with Crippen LogP contribution in [0, 0.1) is 5.82 Å². The van der Waals surface area contributed by atoms with Gasteiger partial charge in [0.1, 0.15) is 5.56 Å². The van der Waals surface area contributed by atoms with Crippen LogP contribution in [0.15, 0.2) is 12.1 Å². The maximum atomic E-state index is 13.2. The van der Waals surface area contributed by atoms with E-state index < -0.39 is 29.2 Å². The fourth-order valence-electron chi connectivity index (χ4n) is 1.29. The van der Waals surface area contributed by atoms with Crippen molar-refractivity contribution in [3.05, 3.63) is 29.1 Å². The first kappa shape index (κ1) is 12.4. The van der Waals surface area contributed by atoms with E-state index in [0.717, 1.165) is 12.1 Å². The molecule has 0 aliphatic heterocycles. The van der Waals surface area contributed by atoms with E-state index in [9.17, 15) is 14.3 Å². The van der Waals surface area contributed by atoms with Crippen LogP contribution in [0.2, 0.25) is 0 Å². The van der Waals surface area contributed by atoms with Gasteiger partial charge in [-0.2, -0.15) is 0 Å². The lowest BCUT2D eigenvalue weighted by Crippen LogP contribution is -2.17. The fraction of sp³-hybridized carbons (Fsp3) is 0.300. The second kappa shape index (κ2) is 4.91. The Morgan fingerprint density at radius 1 is 1.56 bits per heavy atom. The van der Waals surface area contributed by atoms with Gasteiger partial charge in [-0.25, -0.2) is 9.18 Å². The zero-order valence-electron chi connectivity index (χ0n) is 8.57. The maximum absolute atomic E-state index is 13.2. The summed E-state index contributed by atoms with van der Waals surface area (Å²) in [7, 11) is 1.60. The number of carbonyl (C=O) groups is 1. The second-order valence-corrected chi connectivity index (χ2v) is 3.28. The molecule has 6 heteroatoms. The Morgan fingerprint density at radius 3 is 2.69 bits per heavy atom. The number of aliphatic hydroxyl groups excluding tert-OH is 1. The molecule has 0 aliphatic carbocycles. The molecule has 0 spiro atoms. The Labute approximate surface area is 91.2 Å². The fourth-order valence-corrected chi connectivity index (χ4v) is 1.29. The Morgan fingerprint density at radius 2 is 2.19 bits per heavy atom. The number of aromatic carboxylic acids is 1. The topological polar surface area (TPSA) is 89.8 Å². The van der Waals surface area contributed by atoms with Crippen molar-refractivity contribution in [3.8, 4) is 5.75 Å². The van der Waals surface area contributed by atoms with Crippen molar-refractivity contribution in [2.24, 2.45) is 0 Å². The third-order valence-corrected chi connectivity index (χ3v) is 2.10. The molecule has 88 valence electrons. The lowest BCUT2D eigenvalue weighted by atomic mass is 10.0. The largest absolute Gasteiger partial charge is 0.504 e. The van der Waals surface area contributed by atoms with E-state index in [-0.39, 0.29) is 12.1 Å². The molecule has 5 nitrogen and oxygen atoms in total. The van der Waals surface area contributed by atoms with Gasteiger partial charge in [-0.05, 0) is 24.7 Å². The van der Waals surface area contributed by atoms with Gasteiger partial charge in [0.05, 0.1) is 6.10 Å². The highest BCUT2D eigenvalue weighted by Crippen LogP contribution is 2.26. The van der Waals surface area contributed by atoms with Crippen LogP contribution in [0.5, 0.6) is 5.75 Å². The number of carboxylic acids is 1. The normalized spacial score (nSPS) is 12.4. The third kappa shape index (κ3) is 2.47. The van der Waals surface area contributed by atoms with Crippen molar-refractivity contribution in [2.45, 2.75) is 6.10 Å². The molecular weight excluding hydrogens is 217 g/mol. The SMILES string of the molecule is CNCC(O)c1cc(F)c(O)c(C(=O)O)c1. The quantitative estimate of drug-likeness (QED) is 0.603. The lowest BCUT2D eigenvalue weighted by molar-refractivity contribution is 0.0692. The van der Waals surface area contributed by atoms with Crippen LogP contribution in [0.1, 0.15) is 22.0 Å². The molecule has 1 atom stereocenters. The molecule has 4 N–H and O–H groups in total. The summed E-state index contributed by atoms with van der Waals surface area (Å²) in [4.78, 5) is 10.7. The first-order valence-corrected chi connectivity index (χ1v) is 4.55. The van der Waals surface area contributed by atoms with Crippen LogP contribution >= 0.6 is 0 Å². The van der Waals surface area contributed by atoms with Crippen molar-refractivity contribution >= 4 is 5.97 Å². The first-order chi connectivity index (χ1) is 7.47. The van der Waals surface area contributed by atoms with Crippen LogP contribution in [-0.2, 0) is 0 Å². The Kier molecular flexibility index (Phi) is 3.81. The van der Waals surface area contributed by atoms with Crippen molar-refractivity contribution in [1.82, 2.24) is 5.32 Å². The number of benzene rings is 1. The molecule has 0 saturated carbocycles. The highest BCUT2D eigenvalue weighted by atomic mass is 19.1. The molecule has 0 heterocycles. The average Bonchev–Trinajstić information content (AvgIpc) is 2.21. The standard InChI is InChI=1S/C10H12FNO4/c1-12-4-8(13)5-2-6(10(15)16)9(14)7(11)3-5/h2-3,8,12-14H,4H2,1H3,(H,15,16). The van der Waals surface area contributed by atoms with E-state index in [1.165, 1.54) is 0 Å². The van der Waals surface area contributed by atoms with E-state index in [2.05, 4.69) is 5.32 Å². The molecule has 1 aromatic carbocycles. The van der Waals surface area contributed by atoms with E-state index >= 15 is 0 Å². The number of aromatic hydroxyl groups is 1. The van der Waals surface area contributed by atoms with Crippen molar-refractivity contribution < 1.29 is 24.5 Å². The van der Waals surface area contributed by atoms with Gasteiger partial charge in [0, 0.05) is 6.54 Å². The third-order valence-electron chi connectivity index (χ3n) is 2.10. The molecule has 1 unspecified atom stereocenters. The van der Waals surface area contributed by atoms with Gasteiger partial charge < -0.3 is 20.6 Å². The van der Waals surface area contributed by atoms with Gasteiger partial charge >= 0.3 is 5.97 Å². The van der Waals surface area contributed by atoms with Crippen LogP contribution in [-0.4, -0.2) is 34.9 Å². The minimum absolute atomic E-state index is 0.0991. The van der Waals surface area contributed by atoms with Crippen molar-refractivity contribution in [2.75, 3.05) is 13.6 Å². The van der Waals surface area contributed by atoms with Crippen LogP contribution in [0.4, 0.5) is 4.39 Å². The Bertz CT molecular complexity index is 408. The molecule has 0 bridgehead atoms. The van der Waals surface area contributed by atoms with E-state index in [1.807, 2.05) is 0 Å². The highest BCUT2D eigenvalue weighted by molar-refractivity contribution is 5.91. The van der Waals surface area contributed by atoms with Crippen LogP contribution in [0.25, 0.3) is 0 Å². The van der Waals surface area contributed by atoms with Crippen LogP contribution < -0.4 is 5.32 Å². The number of hydrogen-bond acceptors (Lipinski definition) is 4. The number of halogens is 1. The molecule has 0 aliphatic rings. The summed E-state index contributed by atoms with van der Waals surface area (Å²) in [5, 5.41) is 30.1. The number of hydrogen-bond donors (Lipinski definition) is 4. The summed E-state index contributed by atoms with van der Waals surface area (Å²) < 4.78 is 13.2. The van der Waals surface area contributed by atoms with Gasteiger partial charge in [-0.3, -0.25) is 0 Å². The molecule has 0 radical (unpaired) electrons. The van der Waals surface area contributed by atoms with E-state index in [1.54, 1.807) is 7.05 Å². The van der Waals surface area contributed by atoms with Crippen LogP contribution in [0.3, 0.4) is 0 Å². The maximum Gasteiger partial charge on any atom is 0.339 e. The highest BCUT2D eigenvalue weighted by Gasteiger charge is 2.18.